The van der Waals surface area contributed by atoms with E-state index >= 15 is 0 Å². The van der Waals surface area contributed by atoms with E-state index < -0.39 is 0 Å². The summed E-state index contributed by atoms with van der Waals surface area (Å²) in [6, 6.07) is 7.46. The number of piperidine rings is 1. The normalized spacial score (nSPS) is 21.3. The summed E-state index contributed by atoms with van der Waals surface area (Å²) in [4.78, 5) is 16.2. The molecule has 0 aromatic heterocycles. The van der Waals surface area contributed by atoms with Gasteiger partial charge in [-0.05, 0) is 44.8 Å². The number of nitrogens with zero attached hydrogens (tertiary/aromatic N) is 2. The van der Waals surface area contributed by atoms with Gasteiger partial charge in [-0.3, -0.25) is 4.79 Å². The van der Waals surface area contributed by atoms with Crippen molar-refractivity contribution in [3.63, 3.8) is 0 Å². The maximum atomic E-state index is 12.3. The maximum absolute atomic E-state index is 12.3. The number of carbonyl (C=O) groups excluding carboxylic acids is 1. The van der Waals surface area contributed by atoms with Crippen molar-refractivity contribution in [1.29, 1.82) is 0 Å². The van der Waals surface area contributed by atoms with Crippen molar-refractivity contribution in [2.75, 3.05) is 47.5 Å². The van der Waals surface area contributed by atoms with Gasteiger partial charge in [0.15, 0.2) is 6.61 Å². The Bertz CT molecular complexity index is 504. The average molecular weight is 322 g/mol. The molecule has 2 atom stereocenters. The lowest BCUT2D eigenvalue weighted by Crippen LogP contribution is -2.52. The number of hydrogen-bond donors (Lipinski definition) is 1. The predicted octanol–water partition coefficient (Wildman–Crippen LogP) is 0.845. The third kappa shape index (κ3) is 4.59. The zero-order valence-corrected chi connectivity index (χ0v) is 14.1. The Kier molecular flexibility index (Phi) is 6.24. The Balaban J connectivity index is 1.85. The molecule has 1 amide bonds. The number of aliphatic hydroxyl groups excluding tert-OH is 1. The number of hydrogen-bond acceptors (Lipinski definition) is 5. The lowest BCUT2D eigenvalue weighted by Gasteiger charge is -2.40. The minimum atomic E-state index is -0.0449. The maximum Gasteiger partial charge on any atom is 0.260 e. The van der Waals surface area contributed by atoms with E-state index in [1.165, 1.54) is 0 Å². The lowest BCUT2D eigenvalue weighted by atomic mass is 9.92. The summed E-state index contributed by atoms with van der Waals surface area (Å²) in [6.45, 7) is 1.37. The first kappa shape index (κ1) is 17.6. The highest BCUT2D eigenvalue weighted by Crippen LogP contribution is 2.21. The molecule has 0 aliphatic carbocycles. The van der Waals surface area contributed by atoms with Crippen LogP contribution in [0.3, 0.4) is 0 Å². The summed E-state index contributed by atoms with van der Waals surface area (Å²) >= 11 is 0. The van der Waals surface area contributed by atoms with E-state index in [0.717, 1.165) is 12.2 Å². The van der Waals surface area contributed by atoms with Gasteiger partial charge in [0.05, 0.1) is 7.11 Å². The molecular weight excluding hydrogens is 296 g/mol. The molecule has 1 aliphatic rings. The number of aliphatic hydroxyl groups is 1. The molecule has 0 spiro atoms. The Labute approximate surface area is 137 Å². The van der Waals surface area contributed by atoms with Crippen LogP contribution in [0.2, 0.25) is 0 Å². The van der Waals surface area contributed by atoms with E-state index in [9.17, 15) is 9.90 Å². The molecule has 1 heterocycles. The van der Waals surface area contributed by atoms with Crippen LogP contribution in [0.25, 0.3) is 0 Å². The molecule has 23 heavy (non-hydrogen) atoms. The standard InChI is InChI=1S/C17H26N2O4/c1-18(2)16-8-9-19(10-13(16)11-20)17(21)12-23-15-6-4-14(22-3)5-7-15/h4-7,13,16,20H,8-12H2,1-3H3/t13-,16-/m1/s1. The molecule has 6 nitrogen and oxygen atoms in total. The van der Waals surface area contributed by atoms with Crippen molar-refractivity contribution >= 4 is 5.91 Å². The highest BCUT2D eigenvalue weighted by atomic mass is 16.5. The van der Waals surface area contributed by atoms with Crippen molar-refractivity contribution in [3.8, 4) is 11.5 Å². The number of likely N-dealkylation sites (tertiary alicyclic amines) is 1. The Hall–Kier alpha value is -1.79. The summed E-state index contributed by atoms with van der Waals surface area (Å²) in [5.74, 6) is 1.43. The van der Waals surface area contributed by atoms with Gasteiger partial charge in [0.25, 0.3) is 5.91 Å². The quantitative estimate of drug-likeness (QED) is 0.841. The van der Waals surface area contributed by atoms with E-state index in [1.54, 1.807) is 36.3 Å². The minimum Gasteiger partial charge on any atom is -0.497 e. The second-order valence-corrected chi connectivity index (χ2v) is 6.07. The van der Waals surface area contributed by atoms with Crippen LogP contribution >= 0.6 is 0 Å². The van der Waals surface area contributed by atoms with Crippen LogP contribution in [0.15, 0.2) is 24.3 Å². The molecule has 0 bridgehead atoms. The molecule has 1 aromatic carbocycles. The molecule has 1 fully saturated rings. The molecule has 1 aromatic rings. The first-order valence-corrected chi connectivity index (χ1v) is 7.87. The van der Waals surface area contributed by atoms with E-state index in [1.807, 2.05) is 14.1 Å². The Morgan fingerprint density at radius 3 is 2.52 bits per heavy atom. The SMILES string of the molecule is COc1ccc(OCC(=O)N2CC[C@@H](N(C)C)[C@@H](CO)C2)cc1. The van der Waals surface area contributed by atoms with Gasteiger partial charge in [0, 0.05) is 31.7 Å². The minimum absolute atomic E-state index is 0.0110. The fourth-order valence-corrected chi connectivity index (χ4v) is 3.01. The topological polar surface area (TPSA) is 62.2 Å². The first-order chi connectivity index (χ1) is 11.0. The fourth-order valence-electron chi connectivity index (χ4n) is 3.01. The van der Waals surface area contributed by atoms with Crippen LogP contribution in [0, 0.1) is 5.92 Å². The second-order valence-electron chi connectivity index (χ2n) is 6.07. The number of benzene rings is 1. The molecule has 0 unspecified atom stereocenters. The van der Waals surface area contributed by atoms with Gasteiger partial charge < -0.3 is 24.4 Å². The van der Waals surface area contributed by atoms with Crippen LogP contribution in [-0.4, -0.2) is 74.4 Å². The lowest BCUT2D eigenvalue weighted by molar-refractivity contribution is -0.136. The van der Waals surface area contributed by atoms with Gasteiger partial charge >= 0.3 is 0 Å². The zero-order chi connectivity index (χ0) is 16.8. The highest BCUT2D eigenvalue weighted by Gasteiger charge is 2.32. The van der Waals surface area contributed by atoms with E-state index in [4.69, 9.17) is 9.47 Å². The van der Waals surface area contributed by atoms with Crippen molar-refractivity contribution in [2.45, 2.75) is 12.5 Å². The van der Waals surface area contributed by atoms with Crippen molar-refractivity contribution < 1.29 is 19.4 Å². The number of ether oxygens (including phenoxy) is 2. The van der Waals surface area contributed by atoms with Gasteiger partial charge in [-0.15, -0.1) is 0 Å². The van der Waals surface area contributed by atoms with Crippen LogP contribution in [0.4, 0.5) is 0 Å². The van der Waals surface area contributed by atoms with Crippen molar-refractivity contribution in [1.82, 2.24) is 9.80 Å². The smallest absolute Gasteiger partial charge is 0.260 e. The second kappa shape index (κ2) is 8.17. The van der Waals surface area contributed by atoms with Gasteiger partial charge in [0.2, 0.25) is 0 Å². The summed E-state index contributed by atoms with van der Waals surface area (Å²) < 4.78 is 10.6. The summed E-state index contributed by atoms with van der Waals surface area (Å²) in [6.07, 6.45) is 0.868. The Morgan fingerprint density at radius 2 is 1.96 bits per heavy atom. The number of carbonyl (C=O) groups is 1. The zero-order valence-electron chi connectivity index (χ0n) is 14.1. The van der Waals surface area contributed by atoms with Crippen LogP contribution in [0.1, 0.15) is 6.42 Å². The number of rotatable bonds is 6. The monoisotopic (exact) mass is 322 g/mol. The fraction of sp³-hybridized carbons (Fsp3) is 0.588. The number of amides is 1. The molecular formula is C17H26N2O4. The van der Waals surface area contributed by atoms with Gasteiger partial charge in [-0.2, -0.15) is 0 Å². The first-order valence-electron chi connectivity index (χ1n) is 7.87. The molecule has 2 rings (SSSR count). The van der Waals surface area contributed by atoms with Crippen LogP contribution in [-0.2, 0) is 4.79 Å². The molecule has 128 valence electrons. The number of methoxy groups -OCH3 is 1. The molecule has 1 aliphatic heterocycles. The molecule has 1 saturated heterocycles. The molecule has 0 radical (unpaired) electrons. The van der Waals surface area contributed by atoms with E-state index in [-0.39, 0.29) is 25.0 Å². The molecule has 1 N–H and O–H groups in total. The summed E-state index contributed by atoms with van der Waals surface area (Å²) in [7, 11) is 5.63. The largest absolute Gasteiger partial charge is 0.497 e. The molecule has 0 saturated carbocycles. The van der Waals surface area contributed by atoms with Crippen molar-refractivity contribution in [3.05, 3.63) is 24.3 Å². The summed E-state index contributed by atoms with van der Waals surface area (Å²) in [5.41, 5.74) is 0. The van der Waals surface area contributed by atoms with Crippen LogP contribution in [0.5, 0.6) is 11.5 Å². The van der Waals surface area contributed by atoms with Crippen molar-refractivity contribution in [2.24, 2.45) is 5.92 Å². The average Bonchev–Trinajstić information content (AvgIpc) is 2.59. The third-order valence-electron chi connectivity index (χ3n) is 4.37. The van der Waals surface area contributed by atoms with E-state index in [0.29, 0.717) is 24.9 Å². The highest BCUT2D eigenvalue weighted by molar-refractivity contribution is 5.77. The van der Waals surface area contributed by atoms with Gasteiger partial charge in [0.1, 0.15) is 11.5 Å². The van der Waals surface area contributed by atoms with Crippen LogP contribution < -0.4 is 9.47 Å². The third-order valence-corrected chi connectivity index (χ3v) is 4.37. The van der Waals surface area contributed by atoms with E-state index in [2.05, 4.69) is 4.90 Å². The Morgan fingerprint density at radius 1 is 1.30 bits per heavy atom. The molecule has 6 heteroatoms. The summed E-state index contributed by atoms with van der Waals surface area (Å²) in [5, 5.41) is 9.56. The van der Waals surface area contributed by atoms with Gasteiger partial charge in [-0.1, -0.05) is 0 Å². The predicted molar refractivity (Wildman–Crippen MR) is 87.7 cm³/mol. The van der Waals surface area contributed by atoms with Gasteiger partial charge in [-0.25, -0.2) is 0 Å².